The summed E-state index contributed by atoms with van der Waals surface area (Å²) in [7, 11) is 0. The maximum Gasteiger partial charge on any atom is 0.233 e. The zero-order valence-corrected chi connectivity index (χ0v) is 15.1. The third-order valence-electron chi connectivity index (χ3n) is 4.69. The van der Waals surface area contributed by atoms with Gasteiger partial charge in [0.25, 0.3) is 0 Å². The Hall–Kier alpha value is -2.56. The fourth-order valence-corrected chi connectivity index (χ4v) is 3.68. The van der Waals surface area contributed by atoms with E-state index in [1.807, 2.05) is 43.1 Å². The molecule has 0 saturated carbocycles. The number of rotatable bonds is 4. The molecule has 1 N–H and O–H groups in total. The molecule has 2 amide bonds. The number of nitrogens with one attached hydrogen (secondary N) is 1. The normalized spacial score (nSPS) is 16.4. The van der Waals surface area contributed by atoms with E-state index in [1.165, 1.54) is 0 Å². The van der Waals surface area contributed by atoms with Crippen LogP contribution in [0, 0.1) is 13.8 Å². The molecule has 1 aromatic heterocycles. The molecule has 1 aliphatic heterocycles. The lowest BCUT2D eigenvalue weighted by Gasteiger charge is -2.36. The highest BCUT2D eigenvalue weighted by molar-refractivity contribution is 6.03. The van der Waals surface area contributed by atoms with Gasteiger partial charge in [-0.1, -0.05) is 13.0 Å². The predicted molar refractivity (Wildman–Crippen MR) is 98.3 cm³/mol. The van der Waals surface area contributed by atoms with Crippen LogP contribution < -0.4 is 5.32 Å². The molecule has 5 heteroatoms. The van der Waals surface area contributed by atoms with Gasteiger partial charge in [-0.15, -0.1) is 0 Å². The van der Waals surface area contributed by atoms with Crippen LogP contribution in [0.5, 0.6) is 0 Å². The van der Waals surface area contributed by atoms with Crippen LogP contribution in [-0.4, -0.2) is 27.8 Å². The van der Waals surface area contributed by atoms with Gasteiger partial charge in [0.2, 0.25) is 11.8 Å². The SMILES string of the molecule is CC[C@@H]1c2cccn2CCN1C(=O)CC(=O)Nc1cc(C)cc(C)c1. The largest absolute Gasteiger partial charge is 0.348 e. The van der Waals surface area contributed by atoms with Gasteiger partial charge in [-0.05, 0) is 55.7 Å². The Morgan fingerprint density at radius 3 is 2.56 bits per heavy atom. The Bertz CT molecular complexity index is 774. The minimum atomic E-state index is -0.259. The lowest BCUT2D eigenvalue weighted by atomic mass is 10.1. The molecule has 3 rings (SSSR count). The maximum atomic E-state index is 12.7. The van der Waals surface area contributed by atoms with Gasteiger partial charge < -0.3 is 14.8 Å². The van der Waals surface area contributed by atoms with Crippen molar-refractivity contribution in [2.75, 3.05) is 11.9 Å². The lowest BCUT2D eigenvalue weighted by Crippen LogP contribution is -2.42. The van der Waals surface area contributed by atoms with Crippen LogP contribution >= 0.6 is 0 Å². The number of aryl methyl sites for hydroxylation is 2. The van der Waals surface area contributed by atoms with E-state index in [4.69, 9.17) is 0 Å². The molecule has 2 heterocycles. The average molecular weight is 339 g/mol. The second-order valence-electron chi connectivity index (χ2n) is 6.74. The minimum Gasteiger partial charge on any atom is -0.348 e. The number of fused-ring (bicyclic) bond motifs is 1. The van der Waals surface area contributed by atoms with Crippen LogP contribution in [0.3, 0.4) is 0 Å². The second-order valence-corrected chi connectivity index (χ2v) is 6.74. The summed E-state index contributed by atoms with van der Waals surface area (Å²) in [5.41, 5.74) is 4.07. The monoisotopic (exact) mass is 339 g/mol. The fraction of sp³-hybridized carbons (Fsp3) is 0.400. The molecular weight excluding hydrogens is 314 g/mol. The van der Waals surface area contributed by atoms with Crippen molar-refractivity contribution in [2.45, 2.75) is 46.2 Å². The molecule has 0 radical (unpaired) electrons. The van der Waals surface area contributed by atoms with Crippen molar-refractivity contribution in [2.24, 2.45) is 0 Å². The van der Waals surface area contributed by atoms with E-state index < -0.39 is 0 Å². The second kappa shape index (κ2) is 7.13. The van der Waals surface area contributed by atoms with E-state index in [1.54, 1.807) is 0 Å². The molecule has 1 atom stereocenters. The van der Waals surface area contributed by atoms with E-state index in [0.717, 1.165) is 35.5 Å². The molecule has 1 aliphatic rings. The Morgan fingerprint density at radius 2 is 1.88 bits per heavy atom. The van der Waals surface area contributed by atoms with Crippen LogP contribution in [-0.2, 0) is 16.1 Å². The number of amides is 2. The number of nitrogens with zero attached hydrogens (tertiary/aromatic N) is 2. The summed E-state index contributed by atoms with van der Waals surface area (Å²) in [6, 6.07) is 10.00. The molecular formula is C20H25N3O2. The van der Waals surface area contributed by atoms with Crippen molar-refractivity contribution in [3.8, 4) is 0 Å². The molecule has 5 nitrogen and oxygen atoms in total. The first-order valence-corrected chi connectivity index (χ1v) is 8.80. The Morgan fingerprint density at radius 1 is 1.16 bits per heavy atom. The summed E-state index contributed by atoms with van der Waals surface area (Å²) in [4.78, 5) is 26.8. The van der Waals surface area contributed by atoms with Gasteiger partial charge >= 0.3 is 0 Å². The van der Waals surface area contributed by atoms with Crippen LogP contribution in [0.15, 0.2) is 36.5 Å². The molecule has 0 aliphatic carbocycles. The molecule has 0 saturated heterocycles. The minimum absolute atomic E-state index is 0.0465. The van der Waals surface area contributed by atoms with Gasteiger partial charge in [0, 0.05) is 30.7 Å². The molecule has 132 valence electrons. The van der Waals surface area contributed by atoms with Crippen LogP contribution in [0.25, 0.3) is 0 Å². The number of hydrogen-bond acceptors (Lipinski definition) is 2. The smallest absolute Gasteiger partial charge is 0.233 e. The van der Waals surface area contributed by atoms with Gasteiger partial charge in [0.05, 0.1) is 6.04 Å². The molecule has 25 heavy (non-hydrogen) atoms. The van der Waals surface area contributed by atoms with Gasteiger partial charge in [0.1, 0.15) is 6.42 Å². The fourth-order valence-electron chi connectivity index (χ4n) is 3.68. The third kappa shape index (κ3) is 3.76. The number of carbonyl (C=O) groups excluding carboxylic acids is 2. The highest BCUT2D eigenvalue weighted by atomic mass is 16.2. The van der Waals surface area contributed by atoms with Crippen LogP contribution in [0.1, 0.15) is 42.6 Å². The van der Waals surface area contributed by atoms with Crippen molar-refractivity contribution in [1.29, 1.82) is 0 Å². The molecule has 0 bridgehead atoms. The van der Waals surface area contributed by atoms with Gasteiger partial charge in [-0.3, -0.25) is 9.59 Å². The Balaban J connectivity index is 1.66. The standard InChI is InChI=1S/C20H25N3O2/c1-4-17-18-6-5-7-22(18)8-9-23(17)20(25)13-19(24)21-16-11-14(2)10-15(3)12-16/h5-7,10-12,17H,4,8-9,13H2,1-3H3,(H,21,24)/t17-/m1/s1. The van der Waals surface area contributed by atoms with E-state index in [9.17, 15) is 9.59 Å². The zero-order valence-electron chi connectivity index (χ0n) is 15.1. The first-order chi connectivity index (χ1) is 12.0. The van der Waals surface area contributed by atoms with Crippen LogP contribution in [0.4, 0.5) is 5.69 Å². The van der Waals surface area contributed by atoms with Crippen molar-refractivity contribution >= 4 is 17.5 Å². The summed E-state index contributed by atoms with van der Waals surface area (Å²) in [6.07, 6.45) is 2.77. The number of carbonyl (C=O) groups is 2. The van der Waals surface area contributed by atoms with Gasteiger partial charge in [0.15, 0.2) is 0 Å². The average Bonchev–Trinajstić information content (AvgIpc) is 3.01. The van der Waals surface area contributed by atoms with E-state index in [0.29, 0.717) is 6.54 Å². The van der Waals surface area contributed by atoms with Crippen LogP contribution in [0.2, 0.25) is 0 Å². The van der Waals surface area contributed by atoms with Gasteiger partial charge in [-0.2, -0.15) is 0 Å². The quantitative estimate of drug-likeness (QED) is 0.868. The molecule has 1 aromatic carbocycles. The molecule has 0 fully saturated rings. The summed E-state index contributed by atoms with van der Waals surface area (Å²) in [5, 5.41) is 2.85. The summed E-state index contributed by atoms with van der Waals surface area (Å²) in [6.45, 7) is 7.48. The number of aromatic nitrogens is 1. The highest BCUT2D eigenvalue weighted by Crippen LogP contribution is 2.29. The summed E-state index contributed by atoms with van der Waals surface area (Å²) < 4.78 is 2.19. The predicted octanol–water partition coefficient (Wildman–Crippen LogP) is 3.43. The first-order valence-electron chi connectivity index (χ1n) is 8.80. The Labute approximate surface area is 148 Å². The van der Waals surface area contributed by atoms with E-state index >= 15 is 0 Å². The summed E-state index contributed by atoms with van der Waals surface area (Å²) in [5.74, 6) is -0.369. The first kappa shape index (κ1) is 17.3. The molecule has 0 unspecified atom stereocenters. The number of benzene rings is 1. The van der Waals surface area contributed by atoms with Crippen molar-refractivity contribution in [1.82, 2.24) is 9.47 Å². The lowest BCUT2D eigenvalue weighted by molar-refractivity contribution is -0.137. The van der Waals surface area contributed by atoms with Gasteiger partial charge in [-0.25, -0.2) is 0 Å². The van der Waals surface area contributed by atoms with Crippen molar-refractivity contribution < 1.29 is 9.59 Å². The molecule has 0 spiro atoms. The highest BCUT2D eigenvalue weighted by Gasteiger charge is 2.30. The number of hydrogen-bond donors (Lipinski definition) is 1. The molecule has 2 aromatic rings. The number of anilines is 1. The van der Waals surface area contributed by atoms with E-state index in [2.05, 4.69) is 28.9 Å². The van der Waals surface area contributed by atoms with Crippen molar-refractivity contribution in [3.05, 3.63) is 53.3 Å². The summed E-state index contributed by atoms with van der Waals surface area (Å²) >= 11 is 0. The maximum absolute atomic E-state index is 12.7. The topological polar surface area (TPSA) is 54.3 Å². The third-order valence-corrected chi connectivity index (χ3v) is 4.69. The Kier molecular flexibility index (Phi) is 4.93. The van der Waals surface area contributed by atoms with E-state index in [-0.39, 0.29) is 24.3 Å². The van der Waals surface area contributed by atoms with Crippen molar-refractivity contribution in [3.63, 3.8) is 0 Å². The zero-order chi connectivity index (χ0) is 18.0.